The molecule has 0 saturated carbocycles. The number of carbonyl (C=O) groups excluding carboxylic acids is 1. The maximum Gasteiger partial charge on any atom is 0.338 e. The van der Waals surface area contributed by atoms with Crippen molar-refractivity contribution in [3.8, 4) is 5.75 Å². The summed E-state index contributed by atoms with van der Waals surface area (Å²) >= 11 is 0. The van der Waals surface area contributed by atoms with Gasteiger partial charge in [0.1, 0.15) is 11.8 Å². The molecule has 2 aromatic rings. The fraction of sp³-hybridized carbons (Fsp3) is 0.333. The molecule has 8 heteroatoms. The molecule has 0 unspecified atom stereocenters. The number of methoxy groups -OCH3 is 1. The minimum absolute atomic E-state index is 0.428. The Morgan fingerprint density at radius 3 is 3.00 bits per heavy atom. The Bertz CT molecular complexity index is 768. The zero-order valence-corrected chi connectivity index (χ0v) is 13.1. The van der Waals surface area contributed by atoms with Gasteiger partial charge in [0.05, 0.1) is 19.3 Å². The minimum atomic E-state index is -0.478. The predicted molar refractivity (Wildman–Crippen MR) is 81.9 cm³/mol. The number of nitrogens with zero attached hydrogens (tertiary/aromatic N) is 4. The van der Waals surface area contributed by atoms with Crippen LogP contribution in [-0.4, -0.2) is 39.9 Å². The first-order chi connectivity index (χ1) is 11.2. The van der Waals surface area contributed by atoms with Gasteiger partial charge in [0.15, 0.2) is 0 Å². The number of nitrogens with one attached hydrogen (secondary N) is 1. The molecule has 0 saturated heterocycles. The summed E-state index contributed by atoms with van der Waals surface area (Å²) in [6.07, 6.45) is 0. The van der Waals surface area contributed by atoms with Crippen molar-refractivity contribution in [2.24, 2.45) is 0 Å². The quantitative estimate of drug-likeness (QED) is 0.855. The van der Waals surface area contributed by atoms with Crippen LogP contribution in [0.5, 0.6) is 5.75 Å². The third-order valence-electron chi connectivity index (χ3n) is 3.60. The highest BCUT2D eigenvalue weighted by atomic mass is 16.5. The minimum Gasteiger partial charge on any atom is -0.494 e. The second-order valence-corrected chi connectivity index (χ2v) is 5.01. The third-order valence-corrected chi connectivity index (χ3v) is 3.60. The van der Waals surface area contributed by atoms with E-state index in [-0.39, 0.29) is 0 Å². The Hall–Kier alpha value is -2.90. The van der Waals surface area contributed by atoms with Crippen molar-refractivity contribution in [2.45, 2.75) is 19.9 Å². The van der Waals surface area contributed by atoms with Crippen LogP contribution in [0.25, 0.3) is 0 Å². The third kappa shape index (κ3) is 2.63. The first-order valence-corrected chi connectivity index (χ1v) is 7.22. The van der Waals surface area contributed by atoms with E-state index in [2.05, 4.69) is 20.8 Å². The van der Waals surface area contributed by atoms with Crippen molar-refractivity contribution in [1.29, 1.82) is 0 Å². The molecule has 0 aliphatic carbocycles. The summed E-state index contributed by atoms with van der Waals surface area (Å²) in [6, 6.07) is 7.04. The number of ether oxygens (including phenoxy) is 2. The average Bonchev–Trinajstić information content (AvgIpc) is 3.01. The summed E-state index contributed by atoms with van der Waals surface area (Å²) < 4.78 is 12.0. The Morgan fingerprint density at radius 1 is 1.43 bits per heavy atom. The first kappa shape index (κ1) is 15.0. The number of esters is 1. The molecule has 8 nitrogen and oxygen atoms in total. The zero-order chi connectivity index (χ0) is 16.4. The number of benzene rings is 1. The number of allylic oxidation sites excluding steroid dienone is 1. The number of tetrazole rings is 1. The Labute approximate surface area is 133 Å². The standard InChI is InChI=1S/C15H17N5O3/c1-4-23-11-7-5-6-10(8-11)13-12(14(21)22-3)9(2)16-15-17-18-19-20(13)15/h5-8,13H,4H2,1-3H3,(H,16,17,19)/t13-/m0/s1. The number of hydrogen-bond acceptors (Lipinski definition) is 7. The molecule has 1 aliphatic rings. The van der Waals surface area contributed by atoms with Gasteiger partial charge >= 0.3 is 5.97 Å². The van der Waals surface area contributed by atoms with Crippen molar-refractivity contribution in [2.75, 3.05) is 19.0 Å². The zero-order valence-electron chi connectivity index (χ0n) is 13.1. The summed E-state index contributed by atoms with van der Waals surface area (Å²) in [5, 5.41) is 14.6. The van der Waals surface area contributed by atoms with E-state index < -0.39 is 12.0 Å². The first-order valence-electron chi connectivity index (χ1n) is 7.22. The van der Waals surface area contributed by atoms with Crippen LogP contribution < -0.4 is 10.1 Å². The molecular weight excluding hydrogens is 298 g/mol. The number of hydrogen-bond donors (Lipinski definition) is 1. The van der Waals surface area contributed by atoms with Crippen molar-refractivity contribution in [1.82, 2.24) is 20.2 Å². The van der Waals surface area contributed by atoms with Crippen molar-refractivity contribution in [3.05, 3.63) is 41.1 Å². The Kier molecular flexibility index (Phi) is 3.96. The topological polar surface area (TPSA) is 91.2 Å². The molecule has 1 aromatic heterocycles. The van der Waals surface area contributed by atoms with Gasteiger partial charge in [0.2, 0.25) is 5.95 Å². The van der Waals surface area contributed by atoms with E-state index in [4.69, 9.17) is 9.47 Å². The molecule has 1 N–H and O–H groups in total. The number of carbonyl (C=O) groups is 1. The fourth-order valence-electron chi connectivity index (χ4n) is 2.64. The lowest BCUT2D eigenvalue weighted by Crippen LogP contribution is -2.29. The number of rotatable bonds is 4. The van der Waals surface area contributed by atoms with Gasteiger partial charge in [0, 0.05) is 5.70 Å². The lowest BCUT2D eigenvalue weighted by Gasteiger charge is -2.27. The molecule has 1 atom stereocenters. The maximum absolute atomic E-state index is 12.3. The molecule has 0 spiro atoms. The van der Waals surface area contributed by atoms with Crippen molar-refractivity contribution >= 4 is 11.9 Å². The van der Waals surface area contributed by atoms with Crippen LogP contribution >= 0.6 is 0 Å². The SMILES string of the molecule is CCOc1cccc([C@H]2C(C(=O)OC)=C(C)Nc3nnnn32)c1. The average molecular weight is 315 g/mol. The monoisotopic (exact) mass is 315 g/mol. The second kappa shape index (κ2) is 6.07. The number of aromatic nitrogens is 4. The molecule has 1 aliphatic heterocycles. The summed E-state index contributed by atoms with van der Waals surface area (Å²) in [6.45, 7) is 4.27. The normalized spacial score (nSPS) is 16.6. The van der Waals surface area contributed by atoms with Crippen LogP contribution in [0, 0.1) is 0 Å². The van der Waals surface area contributed by atoms with Crippen LogP contribution in [-0.2, 0) is 9.53 Å². The van der Waals surface area contributed by atoms with Gasteiger partial charge < -0.3 is 14.8 Å². The van der Waals surface area contributed by atoms with E-state index in [1.165, 1.54) is 7.11 Å². The Morgan fingerprint density at radius 2 is 2.26 bits per heavy atom. The number of fused-ring (bicyclic) bond motifs is 1. The molecular formula is C15H17N5O3. The van der Waals surface area contributed by atoms with Crippen LogP contribution in [0.1, 0.15) is 25.5 Å². The fourth-order valence-corrected chi connectivity index (χ4v) is 2.64. The van der Waals surface area contributed by atoms with E-state index in [9.17, 15) is 4.79 Å². The van der Waals surface area contributed by atoms with Crippen LogP contribution in [0.2, 0.25) is 0 Å². The van der Waals surface area contributed by atoms with Crippen molar-refractivity contribution in [3.63, 3.8) is 0 Å². The van der Waals surface area contributed by atoms with Crippen molar-refractivity contribution < 1.29 is 14.3 Å². The molecule has 23 heavy (non-hydrogen) atoms. The molecule has 120 valence electrons. The van der Waals surface area contributed by atoms with E-state index in [0.29, 0.717) is 23.8 Å². The van der Waals surface area contributed by atoms with Gasteiger partial charge in [-0.25, -0.2) is 4.79 Å². The largest absolute Gasteiger partial charge is 0.494 e. The molecule has 3 rings (SSSR count). The summed E-state index contributed by atoms with van der Waals surface area (Å²) in [7, 11) is 1.35. The molecule has 0 amide bonds. The van der Waals surface area contributed by atoms with Gasteiger partial charge in [0.25, 0.3) is 0 Å². The van der Waals surface area contributed by atoms with E-state index in [0.717, 1.165) is 11.3 Å². The van der Waals surface area contributed by atoms with E-state index >= 15 is 0 Å². The number of anilines is 1. The van der Waals surface area contributed by atoms with Gasteiger partial charge in [-0.15, -0.1) is 0 Å². The maximum atomic E-state index is 12.3. The van der Waals surface area contributed by atoms with Crippen LogP contribution in [0.4, 0.5) is 5.95 Å². The highest BCUT2D eigenvalue weighted by molar-refractivity contribution is 5.92. The lowest BCUT2D eigenvalue weighted by molar-refractivity contribution is -0.136. The van der Waals surface area contributed by atoms with E-state index in [1.54, 1.807) is 11.6 Å². The molecule has 1 aromatic carbocycles. The van der Waals surface area contributed by atoms with Gasteiger partial charge in [-0.1, -0.05) is 17.2 Å². The molecule has 0 radical (unpaired) electrons. The van der Waals surface area contributed by atoms with E-state index in [1.807, 2.05) is 31.2 Å². The Balaban J connectivity index is 2.13. The smallest absolute Gasteiger partial charge is 0.338 e. The molecule has 2 heterocycles. The second-order valence-electron chi connectivity index (χ2n) is 5.01. The van der Waals surface area contributed by atoms with Crippen LogP contribution in [0.15, 0.2) is 35.5 Å². The molecule has 0 fully saturated rings. The van der Waals surface area contributed by atoms with Gasteiger partial charge in [-0.05, 0) is 42.0 Å². The van der Waals surface area contributed by atoms with Gasteiger partial charge in [-0.2, -0.15) is 4.68 Å². The highest BCUT2D eigenvalue weighted by Crippen LogP contribution is 2.35. The predicted octanol–water partition coefficient (Wildman–Crippen LogP) is 1.53. The summed E-state index contributed by atoms with van der Waals surface area (Å²) in [5.74, 6) is 0.768. The highest BCUT2D eigenvalue weighted by Gasteiger charge is 2.34. The summed E-state index contributed by atoms with van der Waals surface area (Å²) in [5.41, 5.74) is 1.96. The van der Waals surface area contributed by atoms with Crippen LogP contribution in [0.3, 0.4) is 0 Å². The lowest BCUT2D eigenvalue weighted by atomic mass is 9.95. The summed E-state index contributed by atoms with van der Waals surface area (Å²) in [4.78, 5) is 12.3. The van der Waals surface area contributed by atoms with Gasteiger partial charge in [-0.3, -0.25) is 0 Å². The molecule has 0 bridgehead atoms.